The van der Waals surface area contributed by atoms with Crippen LogP contribution in [-0.2, 0) is 6.54 Å². The van der Waals surface area contributed by atoms with E-state index in [2.05, 4.69) is 57.9 Å². The average Bonchev–Trinajstić information content (AvgIpc) is 3.11. The van der Waals surface area contributed by atoms with Gasteiger partial charge in [0.25, 0.3) is 0 Å². The Morgan fingerprint density at radius 1 is 1.08 bits per heavy atom. The van der Waals surface area contributed by atoms with Crippen molar-refractivity contribution in [1.29, 1.82) is 5.26 Å². The van der Waals surface area contributed by atoms with Gasteiger partial charge in [-0.3, -0.25) is 4.68 Å². The lowest BCUT2D eigenvalue weighted by molar-refractivity contribution is 0.687. The number of hydrogen-bond acceptors (Lipinski definition) is 5. The summed E-state index contributed by atoms with van der Waals surface area (Å²) >= 11 is 0. The molecule has 1 N–H and O–H groups in total. The van der Waals surface area contributed by atoms with Crippen LogP contribution in [0.25, 0.3) is 10.9 Å². The minimum atomic E-state index is 0.259. The fraction of sp³-hybridized carbons (Fsp3) is 0.100. The quantitative estimate of drug-likeness (QED) is 0.611. The fourth-order valence-corrected chi connectivity index (χ4v) is 2.80. The zero-order chi connectivity index (χ0) is 17.9. The molecular weight excluding hydrogens is 324 g/mol. The summed E-state index contributed by atoms with van der Waals surface area (Å²) in [5.74, 6) is 0. The van der Waals surface area contributed by atoms with Crippen molar-refractivity contribution < 1.29 is 0 Å². The zero-order valence-electron chi connectivity index (χ0n) is 14.2. The molecule has 0 saturated heterocycles. The smallest absolute Gasteiger partial charge is 0.187 e. The molecule has 0 radical (unpaired) electrons. The number of nitrogens with zero attached hydrogens (tertiary/aromatic N) is 5. The van der Waals surface area contributed by atoms with Crippen molar-refractivity contribution >= 4 is 22.3 Å². The first-order valence-electron chi connectivity index (χ1n) is 8.23. The summed E-state index contributed by atoms with van der Waals surface area (Å²) in [6.07, 6.45) is 3.65. The first-order chi connectivity index (χ1) is 12.7. The van der Waals surface area contributed by atoms with Crippen molar-refractivity contribution in [2.24, 2.45) is 0 Å². The second-order valence-corrected chi connectivity index (χ2v) is 6.09. The number of anilines is 2. The molecule has 0 aliphatic carbocycles. The zero-order valence-corrected chi connectivity index (χ0v) is 14.2. The predicted molar refractivity (Wildman–Crippen MR) is 100 cm³/mol. The molecule has 0 unspecified atom stereocenters. The van der Waals surface area contributed by atoms with Gasteiger partial charge < -0.3 is 5.32 Å². The number of aromatic nitrogens is 4. The molecule has 26 heavy (non-hydrogen) atoms. The molecule has 6 nitrogen and oxygen atoms in total. The maximum atomic E-state index is 9.37. The molecule has 0 aliphatic heterocycles. The van der Waals surface area contributed by atoms with Crippen molar-refractivity contribution in [3.8, 4) is 6.07 Å². The lowest BCUT2D eigenvalue weighted by atomic mass is 10.1. The first kappa shape index (κ1) is 15.8. The highest BCUT2D eigenvalue weighted by atomic mass is 15.3. The molecule has 0 bridgehead atoms. The maximum Gasteiger partial charge on any atom is 0.187 e. The van der Waals surface area contributed by atoms with E-state index >= 15 is 0 Å². The summed E-state index contributed by atoms with van der Waals surface area (Å²) in [4.78, 5) is 0. The SMILES string of the molecule is Cc1ccc(Cn2cc(Nc3c(C#N)nnc4ccccc34)cn2)cc1. The molecule has 0 fully saturated rings. The standard InChI is InChI=1S/C20H16N6/c1-14-6-8-15(9-7-14)12-26-13-16(11-22-26)23-20-17-4-2-3-5-18(17)24-25-19(20)10-21/h2-9,11,13H,12H2,1H3,(H,23,24). The molecule has 4 rings (SSSR count). The minimum absolute atomic E-state index is 0.259. The van der Waals surface area contributed by atoms with Gasteiger partial charge >= 0.3 is 0 Å². The Kier molecular flexibility index (Phi) is 4.04. The number of nitriles is 1. The number of benzene rings is 2. The van der Waals surface area contributed by atoms with Crippen molar-refractivity contribution in [3.05, 3.63) is 77.7 Å². The van der Waals surface area contributed by atoms with Gasteiger partial charge in [0.15, 0.2) is 5.69 Å². The number of nitrogens with one attached hydrogen (secondary N) is 1. The molecule has 2 aromatic carbocycles. The topological polar surface area (TPSA) is 79.4 Å². The molecule has 6 heteroatoms. The van der Waals surface area contributed by atoms with Crippen LogP contribution in [0.5, 0.6) is 0 Å². The molecule has 126 valence electrons. The minimum Gasteiger partial charge on any atom is -0.350 e. The maximum absolute atomic E-state index is 9.37. The van der Waals surface area contributed by atoms with Crippen LogP contribution in [0, 0.1) is 18.3 Å². The molecule has 0 spiro atoms. The molecule has 2 aromatic heterocycles. The molecule has 4 aromatic rings. The highest BCUT2D eigenvalue weighted by Crippen LogP contribution is 2.27. The summed E-state index contributed by atoms with van der Waals surface area (Å²) in [7, 11) is 0. The van der Waals surface area contributed by atoms with Crippen LogP contribution in [0.15, 0.2) is 60.9 Å². The summed E-state index contributed by atoms with van der Waals surface area (Å²) in [5, 5.41) is 26.0. The van der Waals surface area contributed by atoms with Crippen LogP contribution < -0.4 is 5.32 Å². The van der Waals surface area contributed by atoms with Gasteiger partial charge in [-0.25, -0.2) is 0 Å². The van der Waals surface area contributed by atoms with E-state index in [1.165, 1.54) is 11.1 Å². The van der Waals surface area contributed by atoms with Crippen molar-refractivity contribution in [1.82, 2.24) is 20.0 Å². The van der Waals surface area contributed by atoms with Gasteiger partial charge in [-0.2, -0.15) is 10.4 Å². The summed E-state index contributed by atoms with van der Waals surface area (Å²) in [6.45, 7) is 2.75. The van der Waals surface area contributed by atoms with Crippen LogP contribution in [-0.4, -0.2) is 20.0 Å². The molecule has 0 amide bonds. The van der Waals surface area contributed by atoms with Gasteiger partial charge in [0.05, 0.1) is 29.6 Å². The fourth-order valence-electron chi connectivity index (χ4n) is 2.80. The Morgan fingerprint density at radius 3 is 2.69 bits per heavy atom. The molecular formula is C20H16N6. The van der Waals surface area contributed by atoms with Crippen LogP contribution in [0.3, 0.4) is 0 Å². The van der Waals surface area contributed by atoms with E-state index in [-0.39, 0.29) is 5.69 Å². The summed E-state index contributed by atoms with van der Waals surface area (Å²) in [6, 6.07) is 18.1. The monoisotopic (exact) mass is 340 g/mol. The highest BCUT2D eigenvalue weighted by Gasteiger charge is 2.11. The van der Waals surface area contributed by atoms with E-state index in [1.54, 1.807) is 6.20 Å². The lowest BCUT2D eigenvalue weighted by Gasteiger charge is -2.08. The number of hydrogen-bond donors (Lipinski definition) is 1. The average molecular weight is 340 g/mol. The first-order valence-corrected chi connectivity index (χ1v) is 8.23. The van der Waals surface area contributed by atoms with E-state index in [9.17, 15) is 5.26 Å². The van der Waals surface area contributed by atoms with Crippen LogP contribution >= 0.6 is 0 Å². The van der Waals surface area contributed by atoms with Gasteiger partial charge in [0.2, 0.25) is 0 Å². The Bertz CT molecular complexity index is 1110. The van der Waals surface area contributed by atoms with E-state index in [4.69, 9.17) is 0 Å². The Hall–Kier alpha value is -3.72. The van der Waals surface area contributed by atoms with Crippen molar-refractivity contribution in [2.45, 2.75) is 13.5 Å². The van der Waals surface area contributed by atoms with E-state index < -0.39 is 0 Å². The lowest BCUT2D eigenvalue weighted by Crippen LogP contribution is -2.00. The number of fused-ring (bicyclic) bond motifs is 1. The molecule has 0 aliphatic rings. The Balaban J connectivity index is 1.62. The van der Waals surface area contributed by atoms with Gasteiger partial charge in [-0.15, -0.1) is 10.2 Å². The van der Waals surface area contributed by atoms with E-state index in [0.717, 1.165) is 16.6 Å². The van der Waals surface area contributed by atoms with E-state index in [0.29, 0.717) is 12.2 Å². The van der Waals surface area contributed by atoms with Crippen molar-refractivity contribution in [2.75, 3.05) is 5.32 Å². The normalized spacial score (nSPS) is 10.6. The largest absolute Gasteiger partial charge is 0.350 e. The van der Waals surface area contributed by atoms with Gasteiger partial charge in [0.1, 0.15) is 6.07 Å². The third-order valence-corrected chi connectivity index (χ3v) is 4.14. The summed E-state index contributed by atoms with van der Waals surface area (Å²) in [5.41, 5.74) is 4.85. The Morgan fingerprint density at radius 2 is 1.88 bits per heavy atom. The number of aryl methyl sites for hydroxylation is 1. The van der Waals surface area contributed by atoms with E-state index in [1.807, 2.05) is 35.1 Å². The molecule has 0 saturated carbocycles. The Labute approximate surface area is 150 Å². The highest BCUT2D eigenvalue weighted by molar-refractivity contribution is 5.94. The van der Waals surface area contributed by atoms with Crippen molar-refractivity contribution in [3.63, 3.8) is 0 Å². The molecule has 0 atom stereocenters. The third kappa shape index (κ3) is 3.10. The third-order valence-electron chi connectivity index (χ3n) is 4.14. The van der Waals surface area contributed by atoms with Crippen LogP contribution in [0.2, 0.25) is 0 Å². The van der Waals surface area contributed by atoms with Gasteiger partial charge in [0, 0.05) is 11.6 Å². The van der Waals surface area contributed by atoms with Crippen LogP contribution in [0.4, 0.5) is 11.4 Å². The summed E-state index contributed by atoms with van der Waals surface area (Å²) < 4.78 is 1.86. The van der Waals surface area contributed by atoms with Gasteiger partial charge in [-0.05, 0) is 18.6 Å². The number of rotatable bonds is 4. The van der Waals surface area contributed by atoms with Gasteiger partial charge in [-0.1, -0.05) is 48.0 Å². The molecule has 2 heterocycles. The second kappa shape index (κ2) is 6.65. The van der Waals surface area contributed by atoms with Crippen LogP contribution in [0.1, 0.15) is 16.8 Å². The second-order valence-electron chi connectivity index (χ2n) is 6.09. The predicted octanol–water partition coefficient (Wildman–Crippen LogP) is 3.80.